The Labute approximate surface area is 102 Å². The lowest BCUT2D eigenvalue weighted by molar-refractivity contribution is -0.138. The zero-order valence-electron chi connectivity index (χ0n) is 10.1. The van der Waals surface area contributed by atoms with Crippen LogP contribution in [-0.4, -0.2) is 60.1 Å². The molecule has 1 saturated heterocycles. The van der Waals surface area contributed by atoms with Crippen LogP contribution in [-0.2, 0) is 4.79 Å². The van der Waals surface area contributed by atoms with Crippen molar-refractivity contribution in [1.82, 2.24) is 9.80 Å². The van der Waals surface area contributed by atoms with E-state index in [1.807, 2.05) is 4.90 Å². The smallest absolute Gasteiger partial charge is 0.317 e. The summed E-state index contributed by atoms with van der Waals surface area (Å²) < 4.78 is 0. The predicted molar refractivity (Wildman–Crippen MR) is 62.4 cm³/mol. The van der Waals surface area contributed by atoms with Gasteiger partial charge in [-0.05, 0) is 18.3 Å². The summed E-state index contributed by atoms with van der Waals surface area (Å²) in [6.07, 6.45) is 3.02. The minimum atomic E-state index is -0.749. The van der Waals surface area contributed by atoms with E-state index in [9.17, 15) is 4.79 Å². The van der Waals surface area contributed by atoms with Gasteiger partial charge >= 0.3 is 5.97 Å². The maximum atomic E-state index is 10.6. The summed E-state index contributed by atoms with van der Waals surface area (Å²) in [5.41, 5.74) is 0.268. The Morgan fingerprint density at radius 1 is 1.24 bits per heavy atom. The molecule has 0 unspecified atom stereocenters. The van der Waals surface area contributed by atoms with Gasteiger partial charge < -0.3 is 10.0 Å². The van der Waals surface area contributed by atoms with Crippen molar-refractivity contribution in [3.8, 4) is 6.07 Å². The molecule has 2 fully saturated rings. The second-order valence-electron chi connectivity index (χ2n) is 5.28. The second-order valence-corrected chi connectivity index (χ2v) is 5.28. The highest BCUT2D eigenvalue weighted by molar-refractivity contribution is 5.69. The van der Waals surface area contributed by atoms with Crippen LogP contribution in [0.5, 0.6) is 0 Å². The van der Waals surface area contributed by atoms with E-state index in [0.717, 1.165) is 32.7 Å². The monoisotopic (exact) mass is 237 g/mol. The van der Waals surface area contributed by atoms with Gasteiger partial charge in [0.05, 0.1) is 12.6 Å². The van der Waals surface area contributed by atoms with Gasteiger partial charge in [0, 0.05) is 39.1 Å². The van der Waals surface area contributed by atoms with Gasteiger partial charge in [0.2, 0.25) is 0 Å². The highest BCUT2D eigenvalue weighted by Crippen LogP contribution is 2.49. The minimum Gasteiger partial charge on any atom is -0.480 e. The number of rotatable bonds is 5. The molecule has 5 heteroatoms. The fourth-order valence-electron chi connectivity index (χ4n) is 2.51. The third kappa shape index (κ3) is 3.42. The first-order chi connectivity index (χ1) is 8.13. The molecule has 0 bridgehead atoms. The maximum Gasteiger partial charge on any atom is 0.317 e. The average Bonchev–Trinajstić information content (AvgIpc) is 3.01. The molecular weight excluding hydrogens is 218 g/mol. The zero-order valence-corrected chi connectivity index (χ0v) is 10.1. The van der Waals surface area contributed by atoms with Crippen LogP contribution < -0.4 is 0 Å². The highest BCUT2D eigenvalue weighted by atomic mass is 16.4. The standard InChI is InChI=1S/C12H19N3O2/c13-4-3-12(1-2-12)10-15-7-5-14(6-8-15)9-11(16)17/h1-3,5-10H2,(H,16,17). The number of carboxylic acids is 1. The van der Waals surface area contributed by atoms with Gasteiger partial charge in [0.25, 0.3) is 0 Å². The second kappa shape index (κ2) is 5.03. The summed E-state index contributed by atoms with van der Waals surface area (Å²) in [5.74, 6) is -0.749. The van der Waals surface area contributed by atoms with Gasteiger partial charge in [-0.2, -0.15) is 5.26 Å². The molecule has 0 aromatic rings. The maximum absolute atomic E-state index is 10.6. The van der Waals surface area contributed by atoms with E-state index in [2.05, 4.69) is 11.0 Å². The summed E-state index contributed by atoms with van der Waals surface area (Å²) in [6.45, 7) is 4.68. The van der Waals surface area contributed by atoms with Crippen molar-refractivity contribution in [2.24, 2.45) is 5.41 Å². The number of aliphatic carboxylic acids is 1. The van der Waals surface area contributed by atoms with E-state index in [-0.39, 0.29) is 12.0 Å². The normalized spacial score (nSPS) is 24.2. The Balaban J connectivity index is 1.73. The lowest BCUT2D eigenvalue weighted by Crippen LogP contribution is -2.49. The highest BCUT2D eigenvalue weighted by Gasteiger charge is 2.43. The Kier molecular flexibility index (Phi) is 3.65. The largest absolute Gasteiger partial charge is 0.480 e. The molecule has 0 radical (unpaired) electrons. The molecule has 0 amide bonds. The fraction of sp³-hybridized carbons (Fsp3) is 0.833. The first-order valence-corrected chi connectivity index (χ1v) is 6.17. The molecule has 1 aliphatic carbocycles. The van der Waals surface area contributed by atoms with E-state index < -0.39 is 5.97 Å². The third-order valence-electron chi connectivity index (χ3n) is 3.79. The Morgan fingerprint density at radius 3 is 2.29 bits per heavy atom. The summed E-state index contributed by atoms with van der Waals surface area (Å²) >= 11 is 0. The first-order valence-electron chi connectivity index (χ1n) is 6.17. The van der Waals surface area contributed by atoms with E-state index in [1.165, 1.54) is 12.8 Å². The average molecular weight is 237 g/mol. The summed E-state index contributed by atoms with van der Waals surface area (Å²) in [6, 6.07) is 2.28. The van der Waals surface area contributed by atoms with Gasteiger partial charge in [-0.25, -0.2) is 0 Å². The molecule has 17 heavy (non-hydrogen) atoms. The lowest BCUT2D eigenvalue weighted by Gasteiger charge is -2.35. The number of piperazine rings is 1. The van der Waals surface area contributed by atoms with Crippen molar-refractivity contribution in [2.45, 2.75) is 19.3 Å². The molecule has 2 rings (SSSR count). The molecule has 94 valence electrons. The van der Waals surface area contributed by atoms with Crippen molar-refractivity contribution >= 4 is 5.97 Å². The molecule has 0 spiro atoms. The number of nitrogens with zero attached hydrogens (tertiary/aromatic N) is 3. The molecule has 1 saturated carbocycles. The number of hydrogen-bond donors (Lipinski definition) is 1. The van der Waals surface area contributed by atoms with Crippen molar-refractivity contribution in [3.05, 3.63) is 0 Å². The van der Waals surface area contributed by atoms with Crippen LogP contribution in [0.2, 0.25) is 0 Å². The van der Waals surface area contributed by atoms with E-state index in [4.69, 9.17) is 10.4 Å². The molecule has 1 N–H and O–H groups in total. The van der Waals surface area contributed by atoms with Gasteiger partial charge in [-0.3, -0.25) is 9.69 Å². The molecule has 0 atom stereocenters. The fourth-order valence-corrected chi connectivity index (χ4v) is 2.51. The van der Waals surface area contributed by atoms with Crippen molar-refractivity contribution < 1.29 is 9.90 Å². The summed E-state index contributed by atoms with van der Waals surface area (Å²) in [7, 11) is 0. The third-order valence-corrected chi connectivity index (χ3v) is 3.79. The number of carboxylic acid groups (broad SMARTS) is 1. The first kappa shape index (κ1) is 12.3. The molecule has 5 nitrogen and oxygen atoms in total. The zero-order chi connectivity index (χ0) is 12.3. The van der Waals surface area contributed by atoms with E-state index >= 15 is 0 Å². The van der Waals surface area contributed by atoms with Crippen LogP contribution in [0, 0.1) is 16.7 Å². The quantitative estimate of drug-likeness (QED) is 0.749. The van der Waals surface area contributed by atoms with Crippen molar-refractivity contribution in [3.63, 3.8) is 0 Å². The molecule has 1 aliphatic heterocycles. The Hall–Kier alpha value is -1.12. The van der Waals surface area contributed by atoms with E-state index in [0.29, 0.717) is 6.42 Å². The van der Waals surface area contributed by atoms with Gasteiger partial charge in [-0.15, -0.1) is 0 Å². The van der Waals surface area contributed by atoms with Crippen LogP contribution in [0.1, 0.15) is 19.3 Å². The van der Waals surface area contributed by atoms with Crippen LogP contribution in [0.25, 0.3) is 0 Å². The van der Waals surface area contributed by atoms with E-state index in [1.54, 1.807) is 0 Å². The minimum absolute atomic E-state index is 0.150. The van der Waals surface area contributed by atoms with Crippen molar-refractivity contribution in [2.75, 3.05) is 39.3 Å². The van der Waals surface area contributed by atoms with Crippen molar-refractivity contribution in [1.29, 1.82) is 5.26 Å². The predicted octanol–water partition coefficient (Wildman–Crippen LogP) is 0.382. The Bertz CT molecular complexity index is 325. The molecule has 2 aliphatic rings. The van der Waals surface area contributed by atoms with Crippen LogP contribution >= 0.6 is 0 Å². The number of hydrogen-bond acceptors (Lipinski definition) is 4. The van der Waals surface area contributed by atoms with Gasteiger partial charge in [0.15, 0.2) is 0 Å². The topological polar surface area (TPSA) is 67.6 Å². The molecule has 0 aromatic carbocycles. The number of nitriles is 1. The number of carbonyl (C=O) groups is 1. The summed E-state index contributed by atoms with van der Waals surface area (Å²) in [5, 5.41) is 17.5. The molecular formula is C12H19N3O2. The van der Waals surface area contributed by atoms with Gasteiger partial charge in [0.1, 0.15) is 0 Å². The van der Waals surface area contributed by atoms with Crippen LogP contribution in [0.15, 0.2) is 0 Å². The van der Waals surface area contributed by atoms with Gasteiger partial charge in [-0.1, -0.05) is 0 Å². The Morgan fingerprint density at radius 2 is 1.82 bits per heavy atom. The lowest BCUT2D eigenvalue weighted by atomic mass is 10.0. The van der Waals surface area contributed by atoms with Crippen LogP contribution in [0.4, 0.5) is 0 Å². The molecule has 1 heterocycles. The van der Waals surface area contributed by atoms with Crippen LogP contribution in [0.3, 0.4) is 0 Å². The summed E-state index contributed by atoms with van der Waals surface area (Å²) in [4.78, 5) is 14.9. The molecule has 0 aromatic heterocycles. The SMILES string of the molecule is N#CCC1(CN2CCN(CC(=O)O)CC2)CC1.